The summed E-state index contributed by atoms with van der Waals surface area (Å²) in [6.45, 7) is 1.63. The Hall–Kier alpha value is -3.41. The summed E-state index contributed by atoms with van der Waals surface area (Å²) in [6, 6.07) is 6.94. The lowest BCUT2D eigenvalue weighted by Gasteiger charge is -2.39. The number of pyridine rings is 1. The van der Waals surface area contributed by atoms with Crippen LogP contribution in [-0.4, -0.2) is 59.4 Å². The van der Waals surface area contributed by atoms with Gasteiger partial charge in [0, 0.05) is 36.8 Å². The van der Waals surface area contributed by atoms with Crippen molar-refractivity contribution in [2.24, 2.45) is 11.1 Å². The number of carboxylic acids is 1. The number of benzene rings is 2. The van der Waals surface area contributed by atoms with E-state index in [1.54, 1.807) is 31.5 Å². The summed E-state index contributed by atoms with van der Waals surface area (Å²) >= 11 is 0. The van der Waals surface area contributed by atoms with E-state index in [-0.39, 0.29) is 31.7 Å². The number of hydrogen-bond acceptors (Lipinski definition) is 7. The predicted molar refractivity (Wildman–Crippen MR) is 138 cm³/mol. The molecule has 3 aromatic rings. The van der Waals surface area contributed by atoms with Crippen LogP contribution >= 0.6 is 0 Å². The number of nitrogens with two attached hydrogens (primary N) is 1. The highest BCUT2D eigenvalue weighted by atomic mass is 19.2. The van der Waals surface area contributed by atoms with Gasteiger partial charge in [0.2, 0.25) is 0 Å². The molecule has 0 aliphatic carbocycles. The Morgan fingerprint density at radius 3 is 2.46 bits per heavy atom. The normalized spacial score (nSPS) is 16.3. The molecule has 11 heteroatoms. The van der Waals surface area contributed by atoms with E-state index < -0.39 is 34.9 Å². The maximum atomic E-state index is 13.4. The second-order valence-electron chi connectivity index (χ2n) is 9.82. The number of carbonyl (C=O) groups is 1. The fourth-order valence-corrected chi connectivity index (χ4v) is 5.16. The fourth-order valence-electron chi connectivity index (χ4n) is 5.16. The van der Waals surface area contributed by atoms with Gasteiger partial charge in [-0.2, -0.15) is 0 Å². The Kier molecular flexibility index (Phi) is 8.94. The van der Waals surface area contributed by atoms with E-state index >= 15 is 0 Å². The van der Waals surface area contributed by atoms with Crippen LogP contribution in [0.4, 0.5) is 13.2 Å². The third kappa shape index (κ3) is 6.26. The van der Waals surface area contributed by atoms with Crippen molar-refractivity contribution in [1.29, 1.82) is 0 Å². The van der Waals surface area contributed by atoms with Crippen LogP contribution < -0.4 is 15.2 Å². The minimum atomic E-state index is -1.55. The molecule has 0 unspecified atom stereocenters. The second kappa shape index (κ2) is 12.2. The van der Waals surface area contributed by atoms with Gasteiger partial charge in [0.25, 0.3) is 0 Å². The first kappa shape index (κ1) is 28.6. The highest BCUT2D eigenvalue weighted by Crippen LogP contribution is 2.40. The molecule has 39 heavy (non-hydrogen) atoms. The lowest BCUT2D eigenvalue weighted by Crippen LogP contribution is -2.45. The average molecular weight is 548 g/mol. The Balaban J connectivity index is 1.38. The van der Waals surface area contributed by atoms with Crippen molar-refractivity contribution in [1.82, 2.24) is 9.88 Å². The second-order valence-corrected chi connectivity index (χ2v) is 9.82. The fraction of sp³-hybridized carbons (Fsp3) is 0.429. The largest absolute Gasteiger partial charge is 0.497 e. The van der Waals surface area contributed by atoms with Crippen molar-refractivity contribution in [2.45, 2.75) is 38.3 Å². The summed E-state index contributed by atoms with van der Waals surface area (Å²) in [7, 11) is 1.55. The predicted octanol–water partition coefficient (Wildman–Crippen LogP) is 4.18. The van der Waals surface area contributed by atoms with Crippen LogP contribution in [0.2, 0.25) is 0 Å². The molecule has 0 spiro atoms. The van der Waals surface area contributed by atoms with Crippen LogP contribution in [0.15, 0.2) is 36.5 Å². The molecular weight excluding hydrogens is 515 g/mol. The molecule has 0 amide bonds. The maximum Gasteiger partial charge on any atom is 0.309 e. The van der Waals surface area contributed by atoms with Gasteiger partial charge in [-0.15, -0.1) is 0 Å². The van der Waals surface area contributed by atoms with Crippen LogP contribution in [0.25, 0.3) is 10.9 Å². The summed E-state index contributed by atoms with van der Waals surface area (Å²) in [5.41, 5.74) is 6.91. The lowest BCUT2D eigenvalue weighted by atomic mass is 9.74. The minimum Gasteiger partial charge on any atom is -0.497 e. The van der Waals surface area contributed by atoms with Crippen LogP contribution in [-0.2, 0) is 11.3 Å². The summed E-state index contributed by atoms with van der Waals surface area (Å²) in [5.74, 6) is -4.62. The van der Waals surface area contributed by atoms with Gasteiger partial charge >= 0.3 is 5.97 Å². The number of aliphatic hydroxyl groups is 1. The van der Waals surface area contributed by atoms with Crippen LogP contribution in [0.3, 0.4) is 0 Å². The summed E-state index contributed by atoms with van der Waals surface area (Å²) in [6.07, 6.45) is 1.91. The molecule has 0 saturated carbocycles. The van der Waals surface area contributed by atoms with Crippen molar-refractivity contribution >= 4 is 16.9 Å². The van der Waals surface area contributed by atoms with Gasteiger partial charge in [-0.25, -0.2) is 13.2 Å². The number of nitrogens with zero attached hydrogens (tertiary/aromatic N) is 2. The summed E-state index contributed by atoms with van der Waals surface area (Å²) in [5, 5.41) is 22.1. The number of aromatic nitrogens is 1. The van der Waals surface area contributed by atoms with E-state index in [1.165, 1.54) is 0 Å². The molecular formula is C28H32F3N3O5. The third-order valence-corrected chi connectivity index (χ3v) is 7.55. The van der Waals surface area contributed by atoms with Crippen molar-refractivity contribution in [2.75, 3.05) is 33.4 Å². The first-order valence-electron chi connectivity index (χ1n) is 12.7. The SMILES string of the molecule is COc1ccc2ncc(CN)c([C@H](O)CCC3(C(=O)O)CCN(CCOc4cc(F)c(F)c(F)c4)CC3)c2c1. The van der Waals surface area contributed by atoms with Gasteiger partial charge in [0.05, 0.1) is 24.1 Å². The van der Waals surface area contributed by atoms with Gasteiger partial charge in [0.1, 0.15) is 18.1 Å². The van der Waals surface area contributed by atoms with Crippen molar-refractivity contribution in [3.8, 4) is 11.5 Å². The number of piperidine rings is 1. The molecule has 8 nitrogen and oxygen atoms in total. The van der Waals surface area contributed by atoms with E-state index in [0.717, 1.165) is 12.1 Å². The zero-order valence-electron chi connectivity index (χ0n) is 21.6. The zero-order valence-corrected chi connectivity index (χ0v) is 21.6. The first-order valence-corrected chi connectivity index (χ1v) is 12.7. The number of rotatable bonds is 11. The molecule has 2 aromatic carbocycles. The van der Waals surface area contributed by atoms with E-state index in [9.17, 15) is 28.2 Å². The lowest BCUT2D eigenvalue weighted by molar-refractivity contribution is -0.153. The van der Waals surface area contributed by atoms with Crippen LogP contribution in [0.1, 0.15) is 42.9 Å². The number of methoxy groups -OCH3 is 1. The quantitative estimate of drug-likeness (QED) is 0.306. The number of carboxylic acid groups (broad SMARTS) is 1. The van der Waals surface area contributed by atoms with E-state index in [0.29, 0.717) is 60.3 Å². The Morgan fingerprint density at radius 1 is 1.15 bits per heavy atom. The number of aliphatic hydroxyl groups excluding tert-OH is 1. The standard InChI is InChI=1S/C28H32F3N3O5/c1-38-18-2-3-23-20(12-18)25(17(15-32)16-33-23)24(35)4-5-28(27(36)37)6-8-34(9-7-28)10-11-39-19-13-21(29)26(31)22(30)14-19/h2-3,12-14,16,24,35H,4-11,15,32H2,1H3,(H,36,37)/t24-/m1/s1. The zero-order chi connectivity index (χ0) is 28.2. The summed E-state index contributed by atoms with van der Waals surface area (Å²) in [4.78, 5) is 18.8. The van der Waals surface area contributed by atoms with Gasteiger partial charge in [-0.1, -0.05) is 0 Å². The monoisotopic (exact) mass is 547 g/mol. The number of halogens is 3. The molecule has 1 aromatic heterocycles. The molecule has 0 radical (unpaired) electrons. The van der Waals surface area contributed by atoms with E-state index in [2.05, 4.69) is 4.98 Å². The van der Waals surface area contributed by atoms with Gasteiger partial charge in [-0.05, 0) is 68.1 Å². The van der Waals surface area contributed by atoms with Gasteiger partial charge < -0.3 is 25.4 Å². The Labute approximate surface area is 224 Å². The molecule has 1 fully saturated rings. The molecule has 1 aliphatic heterocycles. The molecule has 0 bridgehead atoms. The number of aliphatic carboxylic acids is 1. The molecule has 1 aliphatic rings. The number of hydrogen-bond donors (Lipinski definition) is 3. The topological polar surface area (TPSA) is 118 Å². The van der Waals surface area contributed by atoms with Crippen molar-refractivity contribution < 1.29 is 37.7 Å². The molecule has 2 heterocycles. The molecule has 1 atom stereocenters. The molecule has 210 valence electrons. The van der Waals surface area contributed by atoms with Crippen molar-refractivity contribution in [3.63, 3.8) is 0 Å². The summed E-state index contributed by atoms with van der Waals surface area (Å²) < 4.78 is 50.6. The highest BCUT2D eigenvalue weighted by Gasteiger charge is 2.41. The number of likely N-dealkylation sites (tertiary alicyclic amines) is 1. The molecule has 1 saturated heterocycles. The third-order valence-electron chi connectivity index (χ3n) is 7.55. The van der Waals surface area contributed by atoms with Crippen molar-refractivity contribution in [3.05, 3.63) is 65.1 Å². The number of ether oxygens (including phenoxy) is 2. The molecule has 4 N–H and O–H groups in total. The highest BCUT2D eigenvalue weighted by molar-refractivity contribution is 5.85. The smallest absolute Gasteiger partial charge is 0.309 e. The molecule has 4 rings (SSSR count). The Bertz CT molecular complexity index is 1300. The van der Waals surface area contributed by atoms with Gasteiger partial charge in [0.15, 0.2) is 17.5 Å². The van der Waals surface area contributed by atoms with E-state index in [4.69, 9.17) is 15.2 Å². The van der Waals surface area contributed by atoms with Gasteiger partial charge in [-0.3, -0.25) is 14.7 Å². The maximum absolute atomic E-state index is 13.4. The van der Waals surface area contributed by atoms with E-state index in [1.807, 2.05) is 4.90 Å². The van der Waals surface area contributed by atoms with Crippen LogP contribution in [0.5, 0.6) is 11.5 Å². The average Bonchev–Trinajstić information content (AvgIpc) is 2.94. The first-order chi connectivity index (χ1) is 18.7. The Morgan fingerprint density at radius 2 is 1.85 bits per heavy atom. The van der Waals surface area contributed by atoms with Crippen LogP contribution in [0, 0.1) is 22.9 Å². The minimum absolute atomic E-state index is 0.101. The number of fused-ring (bicyclic) bond motifs is 1.